The Morgan fingerprint density at radius 3 is 2.75 bits per heavy atom. The summed E-state index contributed by atoms with van der Waals surface area (Å²) in [5, 5.41) is 3.53. The molecule has 1 aliphatic rings. The monoisotopic (exact) mass is 293 g/mol. The lowest BCUT2D eigenvalue weighted by molar-refractivity contribution is -0.120. The SMILES string of the molecule is CC(C)Sc1ccc(CC(=O)NCC2CCCO2)cc1. The molecule has 4 heteroatoms. The molecule has 1 aliphatic heterocycles. The van der Waals surface area contributed by atoms with Gasteiger partial charge in [0.15, 0.2) is 0 Å². The Bertz CT molecular complexity index is 425. The van der Waals surface area contributed by atoms with Crippen molar-refractivity contribution in [2.45, 2.75) is 49.4 Å². The molecule has 0 aliphatic carbocycles. The van der Waals surface area contributed by atoms with Crippen molar-refractivity contribution in [3.8, 4) is 0 Å². The van der Waals surface area contributed by atoms with Gasteiger partial charge in [-0.15, -0.1) is 11.8 Å². The van der Waals surface area contributed by atoms with Crippen LogP contribution >= 0.6 is 11.8 Å². The molecule has 0 spiro atoms. The number of nitrogens with one attached hydrogen (secondary N) is 1. The van der Waals surface area contributed by atoms with Crippen LogP contribution in [0.15, 0.2) is 29.2 Å². The quantitative estimate of drug-likeness (QED) is 0.819. The number of thioether (sulfide) groups is 1. The van der Waals surface area contributed by atoms with Crippen molar-refractivity contribution in [2.24, 2.45) is 0 Å². The molecule has 1 heterocycles. The number of carbonyl (C=O) groups is 1. The normalized spacial score (nSPS) is 18.4. The van der Waals surface area contributed by atoms with Gasteiger partial charge in [-0.1, -0.05) is 26.0 Å². The fraction of sp³-hybridized carbons (Fsp3) is 0.562. The topological polar surface area (TPSA) is 38.3 Å². The van der Waals surface area contributed by atoms with Gasteiger partial charge in [-0.3, -0.25) is 4.79 Å². The van der Waals surface area contributed by atoms with E-state index in [1.807, 2.05) is 23.9 Å². The Kier molecular flexibility index (Phi) is 5.92. The van der Waals surface area contributed by atoms with Crippen molar-refractivity contribution in [2.75, 3.05) is 13.2 Å². The van der Waals surface area contributed by atoms with Gasteiger partial charge in [-0.2, -0.15) is 0 Å². The van der Waals surface area contributed by atoms with E-state index in [0.717, 1.165) is 25.0 Å². The minimum atomic E-state index is 0.0739. The average molecular weight is 293 g/mol. The predicted octanol–water partition coefficient (Wildman–Crippen LogP) is 3.02. The van der Waals surface area contributed by atoms with Crippen molar-refractivity contribution in [3.05, 3.63) is 29.8 Å². The molecular formula is C16H23NO2S. The summed E-state index contributed by atoms with van der Waals surface area (Å²) in [6.45, 7) is 5.82. The maximum atomic E-state index is 11.9. The summed E-state index contributed by atoms with van der Waals surface area (Å²) in [4.78, 5) is 13.1. The molecular weight excluding hydrogens is 270 g/mol. The smallest absolute Gasteiger partial charge is 0.224 e. The number of carbonyl (C=O) groups excluding carboxylic acids is 1. The molecule has 2 rings (SSSR count). The van der Waals surface area contributed by atoms with Gasteiger partial charge in [-0.05, 0) is 30.5 Å². The molecule has 0 bridgehead atoms. The third-order valence-electron chi connectivity index (χ3n) is 3.21. The van der Waals surface area contributed by atoms with E-state index in [-0.39, 0.29) is 12.0 Å². The van der Waals surface area contributed by atoms with E-state index in [1.54, 1.807) is 0 Å². The predicted molar refractivity (Wildman–Crippen MR) is 83.1 cm³/mol. The van der Waals surface area contributed by atoms with Crippen LogP contribution in [0.5, 0.6) is 0 Å². The van der Waals surface area contributed by atoms with Crippen molar-refractivity contribution in [1.29, 1.82) is 0 Å². The number of ether oxygens (including phenoxy) is 1. The number of rotatable bonds is 6. The Hall–Kier alpha value is -1.00. The lowest BCUT2D eigenvalue weighted by atomic mass is 10.1. The van der Waals surface area contributed by atoms with Crippen LogP contribution in [-0.4, -0.2) is 30.4 Å². The highest BCUT2D eigenvalue weighted by Crippen LogP contribution is 2.22. The Balaban J connectivity index is 1.75. The summed E-state index contributed by atoms with van der Waals surface area (Å²) in [5.41, 5.74) is 1.06. The Morgan fingerprint density at radius 1 is 1.40 bits per heavy atom. The molecule has 3 nitrogen and oxygen atoms in total. The van der Waals surface area contributed by atoms with E-state index in [1.165, 1.54) is 4.90 Å². The standard InChI is InChI=1S/C16H23NO2S/c1-12(2)20-15-7-5-13(6-8-15)10-16(18)17-11-14-4-3-9-19-14/h5-8,12,14H,3-4,9-11H2,1-2H3,(H,17,18). The van der Waals surface area contributed by atoms with E-state index in [4.69, 9.17) is 4.74 Å². The van der Waals surface area contributed by atoms with E-state index in [2.05, 4.69) is 31.3 Å². The third-order valence-corrected chi connectivity index (χ3v) is 4.23. The highest BCUT2D eigenvalue weighted by Gasteiger charge is 2.16. The number of hydrogen-bond acceptors (Lipinski definition) is 3. The van der Waals surface area contributed by atoms with Crippen LogP contribution in [0.3, 0.4) is 0 Å². The minimum absolute atomic E-state index is 0.0739. The first-order valence-electron chi connectivity index (χ1n) is 7.27. The van der Waals surface area contributed by atoms with Gasteiger partial charge in [0.1, 0.15) is 0 Å². The lowest BCUT2D eigenvalue weighted by Crippen LogP contribution is -2.32. The van der Waals surface area contributed by atoms with E-state index in [9.17, 15) is 4.79 Å². The molecule has 1 aromatic rings. The zero-order valence-electron chi connectivity index (χ0n) is 12.2. The molecule has 1 unspecified atom stereocenters. The van der Waals surface area contributed by atoms with Crippen LogP contribution in [0.4, 0.5) is 0 Å². The maximum absolute atomic E-state index is 11.9. The van der Waals surface area contributed by atoms with E-state index in [0.29, 0.717) is 18.2 Å². The summed E-state index contributed by atoms with van der Waals surface area (Å²) in [7, 11) is 0. The molecule has 110 valence electrons. The molecule has 0 aromatic heterocycles. The third kappa shape index (κ3) is 5.17. The second kappa shape index (κ2) is 7.70. The van der Waals surface area contributed by atoms with Gasteiger partial charge in [0.05, 0.1) is 12.5 Å². The number of benzene rings is 1. The van der Waals surface area contributed by atoms with Gasteiger partial charge in [0, 0.05) is 23.3 Å². The van der Waals surface area contributed by atoms with Gasteiger partial charge in [0.25, 0.3) is 0 Å². The van der Waals surface area contributed by atoms with Gasteiger partial charge in [-0.25, -0.2) is 0 Å². The fourth-order valence-electron chi connectivity index (χ4n) is 2.24. The Morgan fingerprint density at radius 2 is 2.15 bits per heavy atom. The van der Waals surface area contributed by atoms with Crippen LogP contribution in [0.2, 0.25) is 0 Å². The van der Waals surface area contributed by atoms with Gasteiger partial charge >= 0.3 is 0 Å². The molecule has 0 radical (unpaired) electrons. The highest BCUT2D eigenvalue weighted by atomic mass is 32.2. The summed E-state index contributed by atoms with van der Waals surface area (Å²) >= 11 is 1.84. The summed E-state index contributed by atoms with van der Waals surface area (Å²) in [6, 6.07) is 8.26. The van der Waals surface area contributed by atoms with Crippen molar-refractivity contribution < 1.29 is 9.53 Å². The second-order valence-electron chi connectivity index (χ2n) is 5.43. The van der Waals surface area contributed by atoms with Crippen LogP contribution in [0, 0.1) is 0 Å². The molecule has 1 N–H and O–H groups in total. The highest BCUT2D eigenvalue weighted by molar-refractivity contribution is 7.99. The first-order chi connectivity index (χ1) is 9.63. The first-order valence-corrected chi connectivity index (χ1v) is 8.15. The average Bonchev–Trinajstić information content (AvgIpc) is 2.91. The molecule has 20 heavy (non-hydrogen) atoms. The summed E-state index contributed by atoms with van der Waals surface area (Å²) in [6.07, 6.45) is 2.82. The van der Waals surface area contributed by atoms with Crippen LogP contribution in [0.1, 0.15) is 32.3 Å². The zero-order valence-corrected chi connectivity index (χ0v) is 13.0. The second-order valence-corrected chi connectivity index (χ2v) is 7.08. The van der Waals surface area contributed by atoms with Crippen LogP contribution in [0.25, 0.3) is 0 Å². The minimum Gasteiger partial charge on any atom is -0.376 e. The fourth-order valence-corrected chi connectivity index (χ4v) is 3.08. The molecule has 1 amide bonds. The van der Waals surface area contributed by atoms with Crippen LogP contribution in [-0.2, 0) is 16.0 Å². The number of amides is 1. The molecule has 1 fully saturated rings. The summed E-state index contributed by atoms with van der Waals surface area (Å²) in [5.74, 6) is 0.0739. The van der Waals surface area contributed by atoms with Crippen molar-refractivity contribution in [1.82, 2.24) is 5.32 Å². The van der Waals surface area contributed by atoms with E-state index < -0.39 is 0 Å². The molecule has 1 atom stereocenters. The Labute approximate surface area is 125 Å². The van der Waals surface area contributed by atoms with Gasteiger partial charge < -0.3 is 10.1 Å². The zero-order chi connectivity index (χ0) is 14.4. The molecule has 1 saturated heterocycles. The van der Waals surface area contributed by atoms with Crippen molar-refractivity contribution >= 4 is 17.7 Å². The first kappa shape index (κ1) is 15.4. The van der Waals surface area contributed by atoms with Crippen molar-refractivity contribution in [3.63, 3.8) is 0 Å². The largest absolute Gasteiger partial charge is 0.376 e. The van der Waals surface area contributed by atoms with E-state index >= 15 is 0 Å². The maximum Gasteiger partial charge on any atom is 0.224 e. The number of hydrogen-bond donors (Lipinski definition) is 1. The van der Waals surface area contributed by atoms with Gasteiger partial charge in [0.2, 0.25) is 5.91 Å². The van der Waals surface area contributed by atoms with Crippen LogP contribution < -0.4 is 5.32 Å². The lowest BCUT2D eigenvalue weighted by Gasteiger charge is -2.11. The molecule has 0 saturated carbocycles. The summed E-state index contributed by atoms with van der Waals surface area (Å²) < 4.78 is 5.49. The molecule has 1 aromatic carbocycles.